The van der Waals surface area contributed by atoms with Crippen molar-refractivity contribution in [1.82, 2.24) is 5.32 Å². The smallest absolute Gasteiger partial charge is 0.108 e. The Morgan fingerprint density at radius 1 is 1.40 bits per heavy atom. The van der Waals surface area contributed by atoms with Gasteiger partial charge in [0.05, 0.1) is 12.2 Å². The quantitative estimate of drug-likeness (QED) is 0.722. The molecule has 15 heavy (non-hydrogen) atoms. The van der Waals surface area contributed by atoms with Crippen molar-refractivity contribution in [2.24, 2.45) is 5.41 Å². The first-order valence-corrected chi connectivity index (χ1v) is 6.09. The second-order valence-corrected chi connectivity index (χ2v) is 5.43. The van der Waals surface area contributed by atoms with E-state index < -0.39 is 0 Å². The van der Waals surface area contributed by atoms with Gasteiger partial charge < -0.3 is 9.47 Å². The summed E-state index contributed by atoms with van der Waals surface area (Å²) in [6.45, 7) is 9.40. The second kappa shape index (κ2) is 4.04. The molecule has 0 aromatic heterocycles. The van der Waals surface area contributed by atoms with Gasteiger partial charge in [-0.25, -0.2) is 0 Å². The van der Waals surface area contributed by atoms with Gasteiger partial charge in [-0.1, -0.05) is 20.8 Å². The molecule has 88 valence electrons. The van der Waals surface area contributed by atoms with Crippen molar-refractivity contribution >= 4 is 0 Å². The summed E-state index contributed by atoms with van der Waals surface area (Å²) in [7, 11) is 0. The van der Waals surface area contributed by atoms with E-state index in [1.54, 1.807) is 0 Å². The Kier molecular flexibility index (Phi) is 3.06. The minimum Gasteiger partial charge on any atom is -0.378 e. The van der Waals surface area contributed by atoms with Crippen LogP contribution in [0.5, 0.6) is 0 Å². The summed E-state index contributed by atoms with van der Waals surface area (Å²) in [5, 5.41) is 3.45. The van der Waals surface area contributed by atoms with Gasteiger partial charge in [-0.3, -0.25) is 5.32 Å². The van der Waals surface area contributed by atoms with E-state index in [2.05, 4.69) is 26.1 Å². The van der Waals surface area contributed by atoms with Crippen molar-refractivity contribution in [2.75, 3.05) is 19.8 Å². The summed E-state index contributed by atoms with van der Waals surface area (Å²) in [4.78, 5) is 0. The molecule has 0 saturated carbocycles. The molecule has 1 spiro atoms. The number of ether oxygens (including phenoxy) is 2. The maximum atomic E-state index is 6.24. The first kappa shape index (κ1) is 11.4. The van der Waals surface area contributed by atoms with Crippen molar-refractivity contribution in [3.05, 3.63) is 0 Å². The Labute approximate surface area is 92.5 Å². The highest BCUT2D eigenvalue weighted by Gasteiger charge is 2.51. The number of rotatable bonds is 1. The molecule has 2 rings (SSSR count). The molecule has 2 aliphatic rings. The van der Waals surface area contributed by atoms with Gasteiger partial charge in [-0.15, -0.1) is 0 Å². The van der Waals surface area contributed by atoms with Crippen LogP contribution >= 0.6 is 0 Å². The molecule has 3 nitrogen and oxygen atoms in total. The average molecular weight is 213 g/mol. The molecule has 0 radical (unpaired) electrons. The lowest BCUT2D eigenvalue weighted by Gasteiger charge is -2.54. The molecular weight excluding hydrogens is 190 g/mol. The van der Waals surface area contributed by atoms with Crippen molar-refractivity contribution in [1.29, 1.82) is 0 Å². The molecule has 2 fully saturated rings. The van der Waals surface area contributed by atoms with E-state index in [1.807, 2.05) is 0 Å². The molecule has 0 aromatic carbocycles. The van der Waals surface area contributed by atoms with E-state index in [1.165, 1.54) is 0 Å². The van der Waals surface area contributed by atoms with E-state index in [-0.39, 0.29) is 17.2 Å². The first-order chi connectivity index (χ1) is 7.10. The van der Waals surface area contributed by atoms with Gasteiger partial charge in [-0.2, -0.15) is 0 Å². The Balaban J connectivity index is 2.15. The van der Waals surface area contributed by atoms with Gasteiger partial charge in [0, 0.05) is 18.6 Å². The monoisotopic (exact) mass is 213 g/mol. The van der Waals surface area contributed by atoms with Gasteiger partial charge >= 0.3 is 0 Å². The highest BCUT2D eigenvalue weighted by Crippen LogP contribution is 2.43. The molecule has 1 N–H and O–H groups in total. The minimum atomic E-state index is -0.0584. The van der Waals surface area contributed by atoms with Gasteiger partial charge in [0.2, 0.25) is 0 Å². The summed E-state index contributed by atoms with van der Waals surface area (Å²) in [6.07, 6.45) is 3.50. The lowest BCUT2D eigenvalue weighted by Crippen LogP contribution is -2.64. The normalized spacial score (nSPS) is 40.6. The fraction of sp³-hybridized carbons (Fsp3) is 1.00. The Hall–Kier alpha value is -0.120. The van der Waals surface area contributed by atoms with Crippen molar-refractivity contribution < 1.29 is 9.47 Å². The maximum Gasteiger partial charge on any atom is 0.108 e. The van der Waals surface area contributed by atoms with Crippen LogP contribution in [0.1, 0.15) is 40.0 Å². The standard InChI is InChI=1S/C12H23NO2/c1-4-10-13-8-11(2,3)12(15-10)6-5-7-14-9-12/h10,13H,4-9H2,1-3H3. The summed E-state index contributed by atoms with van der Waals surface area (Å²) in [5.41, 5.74) is 0.107. The van der Waals surface area contributed by atoms with Crippen LogP contribution in [0.15, 0.2) is 0 Å². The van der Waals surface area contributed by atoms with Crippen LogP contribution in [-0.2, 0) is 9.47 Å². The van der Waals surface area contributed by atoms with Crippen LogP contribution in [0.3, 0.4) is 0 Å². The molecule has 2 unspecified atom stereocenters. The van der Waals surface area contributed by atoms with Crippen molar-refractivity contribution in [2.45, 2.75) is 51.9 Å². The fourth-order valence-corrected chi connectivity index (χ4v) is 2.63. The van der Waals surface area contributed by atoms with E-state index in [9.17, 15) is 0 Å². The largest absolute Gasteiger partial charge is 0.378 e. The predicted octanol–water partition coefficient (Wildman–Crippen LogP) is 1.92. The van der Waals surface area contributed by atoms with E-state index in [4.69, 9.17) is 9.47 Å². The lowest BCUT2D eigenvalue weighted by atomic mass is 9.70. The summed E-state index contributed by atoms with van der Waals surface area (Å²) in [6, 6.07) is 0. The van der Waals surface area contributed by atoms with Crippen LogP contribution < -0.4 is 5.32 Å². The highest BCUT2D eigenvalue weighted by atomic mass is 16.6. The molecule has 0 bridgehead atoms. The average Bonchev–Trinajstić information content (AvgIpc) is 2.24. The minimum absolute atomic E-state index is 0.0584. The Morgan fingerprint density at radius 2 is 2.20 bits per heavy atom. The van der Waals surface area contributed by atoms with Crippen LogP contribution in [-0.4, -0.2) is 31.6 Å². The summed E-state index contributed by atoms with van der Waals surface area (Å²) in [5.74, 6) is 0. The van der Waals surface area contributed by atoms with E-state index >= 15 is 0 Å². The topological polar surface area (TPSA) is 30.5 Å². The number of nitrogens with one attached hydrogen (secondary N) is 1. The second-order valence-electron chi connectivity index (χ2n) is 5.43. The van der Waals surface area contributed by atoms with E-state index in [0.29, 0.717) is 0 Å². The van der Waals surface area contributed by atoms with Crippen LogP contribution in [0.4, 0.5) is 0 Å². The molecule has 3 heteroatoms. The van der Waals surface area contributed by atoms with E-state index in [0.717, 1.165) is 39.0 Å². The predicted molar refractivity (Wildman–Crippen MR) is 59.7 cm³/mol. The summed E-state index contributed by atoms with van der Waals surface area (Å²) >= 11 is 0. The maximum absolute atomic E-state index is 6.24. The van der Waals surface area contributed by atoms with Crippen molar-refractivity contribution in [3.63, 3.8) is 0 Å². The molecule has 2 saturated heterocycles. The molecule has 2 atom stereocenters. The third-order valence-electron chi connectivity index (χ3n) is 3.95. The van der Waals surface area contributed by atoms with Gasteiger partial charge in [0.1, 0.15) is 6.23 Å². The first-order valence-electron chi connectivity index (χ1n) is 6.09. The summed E-state index contributed by atoms with van der Waals surface area (Å²) < 4.78 is 11.9. The third-order valence-corrected chi connectivity index (χ3v) is 3.95. The molecule has 0 amide bonds. The SMILES string of the molecule is CCC1NCC(C)(C)C2(CCCOC2)O1. The zero-order valence-corrected chi connectivity index (χ0v) is 10.1. The van der Waals surface area contributed by atoms with Crippen LogP contribution in [0.2, 0.25) is 0 Å². The fourth-order valence-electron chi connectivity index (χ4n) is 2.63. The van der Waals surface area contributed by atoms with Crippen molar-refractivity contribution in [3.8, 4) is 0 Å². The lowest BCUT2D eigenvalue weighted by molar-refractivity contribution is -0.241. The number of hydrogen-bond acceptors (Lipinski definition) is 3. The van der Waals surface area contributed by atoms with Crippen LogP contribution in [0, 0.1) is 5.41 Å². The molecular formula is C12H23NO2. The number of hydrogen-bond donors (Lipinski definition) is 1. The van der Waals surface area contributed by atoms with Gasteiger partial charge in [0.15, 0.2) is 0 Å². The van der Waals surface area contributed by atoms with Crippen LogP contribution in [0.25, 0.3) is 0 Å². The van der Waals surface area contributed by atoms with Gasteiger partial charge in [0.25, 0.3) is 0 Å². The van der Waals surface area contributed by atoms with Gasteiger partial charge in [-0.05, 0) is 19.3 Å². The third kappa shape index (κ3) is 1.93. The molecule has 0 aromatic rings. The zero-order valence-electron chi connectivity index (χ0n) is 10.1. The Bertz CT molecular complexity index is 222. The molecule has 2 heterocycles. The molecule has 2 aliphatic heterocycles. The highest BCUT2D eigenvalue weighted by molar-refractivity contribution is 5.01. The Morgan fingerprint density at radius 3 is 2.80 bits per heavy atom. The zero-order chi connectivity index (χ0) is 10.9. The molecule has 0 aliphatic carbocycles.